The molecule has 1 aromatic rings. The summed E-state index contributed by atoms with van der Waals surface area (Å²) < 4.78 is 0. The molecule has 18 heavy (non-hydrogen) atoms. The van der Waals surface area contributed by atoms with Gasteiger partial charge in [-0.05, 0) is 19.8 Å². The summed E-state index contributed by atoms with van der Waals surface area (Å²) in [5.74, 6) is 0.368. The first kappa shape index (κ1) is 12.6. The lowest BCUT2D eigenvalue weighted by Gasteiger charge is -2.31. The number of aryl methyl sites for hydroxylation is 1. The second kappa shape index (κ2) is 5.20. The van der Waals surface area contributed by atoms with Crippen LogP contribution in [0.4, 0.5) is 5.82 Å². The fourth-order valence-electron chi connectivity index (χ4n) is 2.19. The summed E-state index contributed by atoms with van der Waals surface area (Å²) in [6.07, 6.45) is 1.69. The fourth-order valence-corrected chi connectivity index (χ4v) is 2.19. The molecule has 2 N–H and O–H groups in total. The van der Waals surface area contributed by atoms with E-state index in [0.717, 1.165) is 25.1 Å². The molecular weight excluding hydrogens is 232 g/mol. The third-order valence-electron chi connectivity index (χ3n) is 3.19. The molecule has 6 heteroatoms. The summed E-state index contributed by atoms with van der Waals surface area (Å²) in [5, 5.41) is 9.51. The van der Waals surface area contributed by atoms with Crippen LogP contribution in [-0.2, 0) is 9.59 Å². The van der Waals surface area contributed by atoms with Crippen LogP contribution in [0, 0.1) is 12.8 Å². The summed E-state index contributed by atoms with van der Waals surface area (Å²) in [6.45, 7) is 4.67. The van der Waals surface area contributed by atoms with Crippen LogP contribution in [0.25, 0.3) is 0 Å². The summed E-state index contributed by atoms with van der Waals surface area (Å²) in [6, 6.07) is 1.78. The van der Waals surface area contributed by atoms with E-state index in [2.05, 4.69) is 15.5 Å². The molecule has 0 aliphatic carbocycles. The highest BCUT2D eigenvalue weighted by molar-refractivity contribution is 5.92. The van der Waals surface area contributed by atoms with E-state index in [1.165, 1.54) is 6.92 Å². The van der Waals surface area contributed by atoms with Gasteiger partial charge in [0, 0.05) is 31.8 Å². The third-order valence-corrected chi connectivity index (χ3v) is 3.19. The molecular formula is C12H18N4O2. The molecule has 1 aliphatic heterocycles. The minimum Gasteiger partial charge on any atom is -0.342 e. The zero-order chi connectivity index (χ0) is 13.1. The maximum atomic E-state index is 12.0. The van der Waals surface area contributed by atoms with Crippen LogP contribution in [0.15, 0.2) is 6.07 Å². The number of nitrogens with zero attached hydrogens (tertiary/aromatic N) is 2. The molecule has 98 valence electrons. The van der Waals surface area contributed by atoms with Gasteiger partial charge in [0.2, 0.25) is 11.8 Å². The Hall–Kier alpha value is -1.85. The summed E-state index contributed by atoms with van der Waals surface area (Å²) in [7, 11) is 0. The maximum absolute atomic E-state index is 12.0. The molecule has 6 nitrogen and oxygen atoms in total. The van der Waals surface area contributed by atoms with Gasteiger partial charge in [-0.1, -0.05) is 0 Å². The number of aromatic amines is 1. The summed E-state index contributed by atoms with van der Waals surface area (Å²) >= 11 is 0. The number of rotatable bonds is 2. The average molecular weight is 250 g/mol. The molecule has 2 amide bonds. The van der Waals surface area contributed by atoms with Crippen molar-refractivity contribution < 1.29 is 9.59 Å². The first-order valence-corrected chi connectivity index (χ1v) is 6.14. The molecule has 1 unspecified atom stereocenters. The Morgan fingerprint density at radius 3 is 2.94 bits per heavy atom. The predicted molar refractivity (Wildman–Crippen MR) is 66.9 cm³/mol. The van der Waals surface area contributed by atoms with Crippen molar-refractivity contribution >= 4 is 17.6 Å². The highest BCUT2D eigenvalue weighted by Gasteiger charge is 2.27. The van der Waals surface area contributed by atoms with E-state index in [1.807, 2.05) is 6.92 Å². The van der Waals surface area contributed by atoms with Crippen molar-refractivity contribution in [2.75, 3.05) is 18.4 Å². The second-order valence-electron chi connectivity index (χ2n) is 4.73. The molecule has 0 spiro atoms. The molecule has 1 aliphatic rings. The largest absolute Gasteiger partial charge is 0.342 e. The first-order chi connectivity index (χ1) is 8.56. The molecule has 0 aromatic carbocycles. The highest BCUT2D eigenvalue weighted by Crippen LogP contribution is 2.18. The third kappa shape index (κ3) is 2.88. The van der Waals surface area contributed by atoms with Gasteiger partial charge in [0.15, 0.2) is 5.82 Å². The van der Waals surface area contributed by atoms with Crippen molar-refractivity contribution in [1.29, 1.82) is 0 Å². The number of piperidine rings is 1. The molecule has 1 atom stereocenters. The lowest BCUT2D eigenvalue weighted by atomic mass is 9.97. The quantitative estimate of drug-likeness (QED) is 0.819. The SMILES string of the molecule is CC(=O)N1CCCC(C(=O)Nc2cc(C)[nH]n2)C1. The van der Waals surface area contributed by atoms with Crippen LogP contribution in [0.1, 0.15) is 25.5 Å². The van der Waals surface area contributed by atoms with Crippen LogP contribution in [0.5, 0.6) is 0 Å². The number of hydrogen-bond donors (Lipinski definition) is 2. The zero-order valence-corrected chi connectivity index (χ0v) is 10.7. The Bertz CT molecular complexity index is 455. The van der Waals surface area contributed by atoms with Gasteiger partial charge < -0.3 is 10.2 Å². The Morgan fingerprint density at radius 2 is 2.33 bits per heavy atom. The van der Waals surface area contributed by atoms with Gasteiger partial charge in [-0.3, -0.25) is 14.7 Å². The van der Waals surface area contributed by atoms with Crippen molar-refractivity contribution in [3.8, 4) is 0 Å². The topological polar surface area (TPSA) is 78.1 Å². The number of likely N-dealkylation sites (tertiary alicyclic amines) is 1. The average Bonchev–Trinajstić information content (AvgIpc) is 2.75. The number of hydrogen-bond acceptors (Lipinski definition) is 3. The number of aromatic nitrogens is 2. The lowest BCUT2D eigenvalue weighted by Crippen LogP contribution is -2.42. The van der Waals surface area contributed by atoms with Crippen molar-refractivity contribution in [3.63, 3.8) is 0 Å². The fraction of sp³-hybridized carbons (Fsp3) is 0.583. The van der Waals surface area contributed by atoms with Crippen LogP contribution in [0.3, 0.4) is 0 Å². The maximum Gasteiger partial charge on any atom is 0.230 e. The number of carbonyl (C=O) groups excluding carboxylic acids is 2. The van der Waals surface area contributed by atoms with Crippen molar-refractivity contribution in [2.45, 2.75) is 26.7 Å². The number of amides is 2. The van der Waals surface area contributed by atoms with Gasteiger partial charge in [0.05, 0.1) is 5.92 Å². The number of nitrogens with one attached hydrogen (secondary N) is 2. The summed E-state index contributed by atoms with van der Waals surface area (Å²) in [5.41, 5.74) is 0.902. The van der Waals surface area contributed by atoms with Crippen LogP contribution >= 0.6 is 0 Å². The number of H-pyrrole nitrogens is 1. The normalized spacial score (nSPS) is 19.7. The van der Waals surface area contributed by atoms with Gasteiger partial charge >= 0.3 is 0 Å². The van der Waals surface area contributed by atoms with Crippen LogP contribution < -0.4 is 5.32 Å². The van der Waals surface area contributed by atoms with E-state index < -0.39 is 0 Å². The van der Waals surface area contributed by atoms with Crippen molar-refractivity contribution in [1.82, 2.24) is 15.1 Å². The highest BCUT2D eigenvalue weighted by atomic mass is 16.2. The van der Waals surface area contributed by atoms with E-state index in [0.29, 0.717) is 12.4 Å². The van der Waals surface area contributed by atoms with Gasteiger partial charge in [0.1, 0.15) is 0 Å². The molecule has 2 rings (SSSR count). The van der Waals surface area contributed by atoms with E-state index in [1.54, 1.807) is 11.0 Å². The lowest BCUT2D eigenvalue weighted by molar-refractivity contribution is -0.132. The Balaban J connectivity index is 1.94. The zero-order valence-electron chi connectivity index (χ0n) is 10.7. The van der Waals surface area contributed by atoms with Gasteiger partial charge in [-0.2, -0.15) is 5.10 Å². The molecule has 0 saturated carbocycles. The summed E-state index contributed by atoms with van der Waals surface area (Å²) in [4.78, 5) is 25.1. The molecule has 0 radical (unpaired) electrons. The molecule has 0 bridgehead atoms. The first-order valence-electron chi connectivity index (χ1n) is 6.14. The van der Waals surface area contributed by atoms with Crippen LogP contribution in [0.2, 0.25) is 0 Å². The minimum absolute atomic E-state index is 0.0307. The molecule has 1 saturated heterocycles. The molecule has 1 fully saturated rings. The predicted octanol–water partition coefficient (Wildman–Crippen LogP) is 0.915. The Kier molecular flexibility index (Phi) is 3.64. The monoisotopic (exact) mass is 250 g/mol. The van der Waals surface area contributed by atoms with E-state index >= 15 is 0 Å². The van der Waals surface area contributed by atoms with E-state index in [4.69, 9.17) is 0 Å². The minimum atomic E-state index is -0.139. The second-order valence-corrected chi connectivity index (χ2v) is 4.73. The van der Waals surface area contributed by atoms with Crippen LogP contribution in [-0.4, -0.2) is 40.0 Å². The molecule has 1 aromatic heterocycles. The number of anilines is 1. The standard InChI is InChI=1S/C12H18N4O2/c1-8-6-11(15-14-8)13-12(18)10-4-3-5-16(7-10)9(2)17/h6,10H,3-5,7H2,1-2H3,(H2,13,14,15,18). The Morgan fingerprint density at radius 1 is 1.56 bits per heavy atom. The Labute approximate surface area is 106 Å². The van der Waals surface area contributed by atoms with Gasteiger partial charge in [-0.15, -0.1) is 0 Å². The smallest absolute Gasteiger partial charge is 0.230 e. The van der Waals surface area contributed by atoms with Crippen molar-refractivity contribution in [3.05, 3.63) is 11.8 Å². The molecule has 2 heterocycles. The van der Waals surface area contributed by atoms with Crippen molar-refractivity contribution in [2.24, 2.45) is 5.92 Å². The van der Waals surface area contributed by atoms with E-state index in [9.17, 15) is 9.59 Å². The van der Waals surface area contributed by atoms with Gasteiger partial charge in [-0.25, -0.2) is 0 Å². The number of carbonyl (C=O) groups is 2. The van der Waals surface area contributed by atoms with Gasteiger partial charge in [0.25, 0.3) is 0 Å². The van der Waals surface area contributed by atoms with E-state index in [-0.39, 0.29) is 17.7 Å².